The number of anilines is 1. The molecule has 20 heavy (non-hydrogen) atoms. The summed E-state index contributed by atoms with van der Waals surface area (Å²) in [7, 11) is 0. The van der Waals surface area contributed by atoms with Crippen LogP contribution in [0.25, 0.3) is 0 Å². The zero-order valence-electron chi connectivity index (χ0n) is 12.4. The number of nitrogens with zero attached hydrogens (tertiary/aromatic N) is 2. The van der Waals surface area contributed by atoms with Gasteiger partial charge in [0.05, 0.1) is 11.9 Å². The highest BCUT2D eigenvalue weighted by atomic mass is 16.2. The molecule has 1 aromatic heterocycles. The summed E-state index contributed by atoms with van der Waals surface area (Å²) in [5.74, 6) is 0.205. The third-order valence-electron chi connectivity index (χ3n) is 3.91. The summed E-state index contributed by atoms with van der Waals surface area (Å²) in [6, 6.07) is 1.97. The lowest BCUT2D eigenvalue weighted by molar-refractivity contribution is -0.137. The lowest BCUT2D eigenvalue weighted by atomic mass is 9.92. The summed E-state index contributed by atoms with van der Waals surface area (Å²) in [6.07, 6.45) is 7.41. The molecule has 1 amide bonds. The van der Waals surface area contributed by atoms with E-state index in [2.05, 4.69) is 10.4 Å². The predicted molar refractivity (Wildman–Crippen MR) is 79.7 cm³/mol. The maximum atomic E-state index is 12.0. The van der Waals surface area contributed by atoms with Gasteiger partial charge in [-0.25, -0.2) is 5.43 Å². The van der Waals surface area contributed by atoms with Crippen molar-refractivity contribution in [3.8, 4) is 0 Å². The number of hydrogen-bond donors (Lipinski definition) is 2. The first-order chi connectivity index (χ1) is 9.50. The van der Waals surface area contributed by atoms with Crippen LogP contribution in [0, 0.1) is 5.41 Å². The van der Waals surface area contributed by atoms with Gasteiger partial charge in [0.2, 0.25) is 5.91 Å². The molecular formula is C15H24N4O. The molecule has 1 fully saturated rings. The summed E-state index contributed by atoms with van der Waals surface area (Å²) in [6.45, 7) is 5.64. The number of nitrogens with two attached hydrogens (primary N) is 1. The number of pyridine rings is 1. The summed E-state index contributed by atoms with van der Waals surface area (Å²) < 4.78 is 0. The molecule has 0 aliphatic carbocycles. The highest BCUT2D eigenvalue weighted by Crippen LogP contribution is 2.29. The summed E-state index contributed by atoms with van der Waals surface area (Å²) in [5, 5.41) is 1.76. The van der Waals surface area contributed by atoms with E-state index >= 15 is 0 Å². The molecule has 1 aromatic rings. The van der Waals surface area contributed by atoms with Crippen molar-refractivity contribution in [1.82, 2.24) is 15.4 Å². The van der Waals surface area contributed by atoms with E-state index in [1.165, 1.54) is 0 Å². The van der Waals surface area contributed by atoms with Crippen molar-refractivity contribution in [3.63, 3.8) is 0 Å². The summed E-state index contributed by atoms with van der Waals surface area (Å²) in [5.41, 5.74) is 10.8. The number of rotatable bonds is 6. The maximum Gasteiger partial charge on any atom is 0.242 e. The van der Waals surface area contributed by atoms with Crippen LogP contribution in [0.4, 0.5) is 5.69 Å². The number of nitrogen functional groups attached to an aromatic ring is 1. The topological polar surface area (TPSA) is 71.2 Å². The van der Waals surface area contributed by atoms with Gasteiger partial charge in [0.25, 0.3) is 0 Å². The van der Waals surface area contributed by atoms with Crippen LogP contribution < -0.4 is 11.2 Å². The Morgan fingerprint density at radius 3 is 2.90 bits per heavy atom. The van der Waals surface area contributed by atoms with Crippen molar-refractivity contribution >= 4 is 11.6 Å². The Labute approximate surface area is 120 Å². The van der Waals surface area contributed by atoms with Crippen molar-refractivity contribution in [2.24, 2.45) is 5.41 Å². The lowest BCUT2D eigenvalue weighted by Gasteiger charge is -2.20. The molecule has 2 rings (SSSR count). The monoisotopic (exact) mass is 276 g/mol. The first kappa shape index (κ1) is 14.8. The second kappa shape index (κ2) is 6.22. The van der Waals surface area contributed by atoms with Gasteiger partial charge in [-0.2, -0.15) is 0 Å². The third kappa shape index (κ3) is 3.48. The lowest BCUT2D eigenvalue weighted by Crippen LogP contribution is -2.42. The Morgan fingerprint density at radius 2 is 2.25 bits per heavy atom. The largest absolute Gasteiger partial charge is 0.397 e. The first-order valence-electron chi connectivity index (χ1n) is 7.24. The number of aromatic nitrogens is 1. The molecule has 1 aliphatic heterocycles. The molecule has 5 nitrogen and oxygen atoms in total. The molecule has 0 unspecified atom stereocenters. The Balaban J connectivity index is 1.66. The minimum Gasteiger partial charge on any atom is -0.397 e. The van der Waals surface area contributed by atoms with Crippen LogP contribution in [-0.4, -0.2) is 29.0 Å². The van der Waals surface area contributed by atoms with E-state index in [-0.39, 0.29) is 11.3 Å². The SMILES string of the molecule is CC1(C)CCN(NCCCCc2ccncc2N)C1=O. The van der Waals surface area contributed by atoms with E-state index in [1.54, 1.807) is 17.4 Å². The molecule has 0 spiro atoms. The molecule has 0 atom stereocenters. The number of nitrogens with one attached hydrogen (secondary N) is 1. The van der Waals surface area contributed by atoms with Crippen molar-refractivity contribution in [3.05, 3.63) is 24.0 Å². The predicted octanol–water partition coefficient (Wildman–Crippen LogP) is 1.75. The number of carbonyl (C=O) groups is 1. The molecule has 110 valence electrons. The molecule has 0 saturated carbocycles. The van der Waals surface area contributed by atoms with Gasteiger partial charge in [-0.05, 0) is 37.3 Å². The van der Waals surface area contributed by atoms with E-state index in [0.29, 0.717) is 0 Å². The molecule has 1 aliphatic rings. The average Bonchev–Trinajstić information content (AvgIpc) is 2.67. The number of carbonyl (C=O) groups excluding carboxylic acids is 1. The summed E-state index contributed by atoms with van der Waals surface area (Å²) >= 11 is 0. The van der Waals surface area contributed by atoms with E-state index in [0.717, 1.165) is 50.0 Å². The summed E-state index contributed by atoms with van der Waals surface area (Å²) in [4.78, 5) is 16.0. The van der Waals surface area contributed by atoms with Gasteiger partial charge >= 0.3 is 0 Å². The maximum absolute atomic E-state index is 12.0. The van der Waals surface area contributed by atoms with Gasteiger partial charge in [0.15, 0.2) is 0 Å². The number of hydrogen-bond acceptors (Lipinski definition) is 4. The molecule has 0 aromatic carbocycles. The number of amides is 1. The minimum absolute atomic E-state index is 0.205. The van der Waals surface area contributed by atoms with Crippen molar-refractivity contribution in [2.45, 2.75) is 39.5 Å². The quantitative estimate of drug-likeness (QED) is 0.777. The van der Waals surface area contributed by atoms with Crippen molar-refractivity contribution in [2.75, 3.05) is 18.8 Å². The Kier molecular flexibility index (Phi) is 4.60. The third-order valence-corrected chi connectivity index (χ3v) is 3.91. The second-order valence-electron chi connectivity index (χ2n) is 6.03. The van der Waals surface area contributed by atoms with E-state index < -0.39 is 0 Å². The highest BCUT2D eigenvalue weighted by Gasteiger charge is 2.38. The van der Waals surface area contributed by atoms with E-state index in [1.807, 2.05) is 19.9 Å². The van der Waals surface area contributed by atoms with Crippen LogP contribution in [0.15, 0.2) is 18.5 Å². The fourth-order valence-electron chi connectivity index (χ4n) is 2.43. The minimum atomic E-state index is -0.210. The Morgan fingerprint density at radius 1 is 1.45 bits per heavy atom. The fraction of sp³-hybridized carbons (Fsp3) is 0.600. The Hall–Kier alpha value is -1.62. The first-order valence-corrected chi connectivity index (χ1v) is 7.24. The number of unbranched alkanes of at least 4 members (excludes halogenated alkanes) is 1. The molecule has 3 N–H and O–H groups in total. The molecular weight excluding hydrogens is 252 g/mol. The van der Waals surface area contributed by atoms with Crippen LogP contribution in [0.1, 0.15) is 38.7 Å². The van der Waals surface area contributed by atoms with Crippen LogP contribution >= 0.6 is 0 Å². The van der Waals surface area contributed by atoms with Crippen LogP contribution in [-0.2, 0) is 11.2 Å². The fourth-order valence-corrected chi connectivity index (χ4v) is 2.43. The van der Waals surface area contributed by atoms with E-state index in [4.69, 9.17) is 5.73 Å². The van der Waals surface area contributed by atoms with Crippen LogP contribution in [0.3, 0.4) is 0 Å². The smallest absolute Gasteiger partial charge is 0.242 e. The zero-order chi connectivity index (χ0) is 14.6. The normalized spacial score (nSPS) is 17.7. The standard InChI is InChI=1S/C15H24N4O/c1-15(2)7-10-19(14(15)20)18-8-4-3-5-12-6-9-17-11-13(12)16/h6,9,11,18H,3-5,7-8,10,16H2,1-2H3. The molecule has 2 heterocycles. The van der Waals surface area contributed by atoms with E-state index in [9.17, 15) is 4.79 Å². The van der Waals surface area contributed by atoms with Gasteiger partial charge < -0.3 is 5.73 Å². The van der Waals surface area contributed by atoms with Crippen molar-refractivity contribution in [1.29, 1.82) is 0 Å². The number of hydrazine groups is 1. The highest BCUT2D eigenvalue weighted by molar-refractivity contribution is 5.83. The van der Waals surface area contributed by atoms with Gasteiger partial charge in [-0.1, -0.05) is 13.8 Å². The van der Waals surface area contributed by atoms with Crippen LogP contribution in [0.5, 0.6) is 0 Å². The molecule has 5 heteroatoms. The molecule has 0 bridgehead atoms. The molecule has 0 radical (unpaired) electrons. The molecule has 1 saturated heterocycles. The average molecular weight is 276 g/mol. The van der Waals surface area contributed by atoms with Gasteiger partial charge in [0.1, 0.15) is 0 Å². The van der Waals surface area contributed by atoms with Crippen molar-refractivity contribution < 1.29 is 4.79 Å². The van der Waals surface area contributed by atoms with Gasteiger partial charge in [-0.15, -0.1) is 0 Å². The zero-order valence-corrected chi connectivity index (χ0v) is 12.4. The second-order valence-corrected chi connectivity index (χ2v) is 6.03. The van der Waals surface area contributed by atoms with Gasteiger partial charge in [0, 0.05) is 24.7 Å². The number of aryl methyl sites for hydroxylation is 1. The Bertz CT molecular complexity index is 473. The van der Waals surface area contributed by atoms with Crippen LogP contribution in [0.2, 0.25) is 0 Å². The van der Waals surface area contributed by atoms with Gasteiger partial charge in [-0.3, -0.25) is 14.8 Å².